The fourth-order valence-electron chi connectivity index (χ4n) is 1.79. The minimum absolute atomic E-state index is 0.0441. The minimum Gasteiger partial charge on any atom is -0.482 e. The second-order valence-electron chi connectivity index (χ2n) is 4.94. The summed E-state index contributed by atoms with van der Waals surface area (Å²) in [7, 11) is 0. The largest absolute Gasteiger partial charge is 0.482 e. The fourth-order valence-corrected chi connectivity index (χ4v) is 1.98. The summed E-state index contributed by atoms with van der Waals surface area (Å²) in [6.45, 7) is -0.323. The Balaban J connectivity index is 1.76. The number of non-ortho nitro benzene ring substituents is 1. The molecule has 2 amide bonds. The highest BCUT2D eigenvalue weighted by Gasteiger charge is 2.06. The van der Waals surface area contributed by atoms with Crippen molar-refractivity contribution in [1.29, 1.82) is 0 Å². The number of hydrazine groups is 1. The Morgan fingerprint density at radius 2 is 1.81 bits per heavy atom. The second kappa shape index (κ2) is 9.19. The number of nitro benzene ring substituents is 1. The van der Waals surface area contributed by atoms with E-state index >= 15 is 0 Å². The van der Waals surface area contributed by atoms with Gasteiger partial charge in [-0.15, -0.1) is 0 Å². The van der Waals surface area contributed by atoms with Gasteiger partial charge in [-0.25, -0.2) is 0 Å². The van der Waals surface area contributed by atoms with E-state index < -0.39 is 16.7 Å². The van der Waals surface area contributed by atoms with Crippen molar-refractivity contribution >= 4 is 35.2 Å². The van der Waals surface area contributed by atoms with Gasteiger partial charge >= 0.3 is 0 Å². The molecular weight excluding hydrogens is 362 g/mol. The maximum Gasteiger partial charge on any atom is 0.276 e. The monoisotopic (exact) mass is 375 g/mol. The van der Waals surface area contributed by atoms with Gasteiger partial charge in [0.15, 0.2) is 6.61 Å². The van der Waals surface area contributed by atoms with Crippen LogP contribution in [0.25, 0.3) is 6.08 Å². The van der Waals surface area contributed by atoms with E-state index in [0.717, 1.165) is 0 Å². The van der Waals surface area contributed by atoms with Crippen LogP contribution in [-0.2, 0) is 9.59 Å². The van der Waals surface area contributed by atoms with E-state index in [-0.39, 0.29) is 12.3 Å². The Labute approximate surface area is 153 Å². The van der Waals surface area contributed by atoms with Gasteiger partial charge in [-0.2, -0.15) is 0 Å². The molecule has 0 aliphatic carbocycles. The molecule has 0 fully saturated rings. The van der Waals surface area contributed by atoms with Crippen molar-refractivity contribution in [1.82, 2.24) is 10.9 Å². The van der Waals surface area contributed by atoms with E-state index in [1.54, 1.807) is 24.3 Å². The molecule has 0 bridgehead atoms. The van der Waals surface area contributed by atoms with Gasteiger partial charge in [0.1, 0.15) is 5.75 Å². The summed E-state index contributed by atoms with van der Waals surface area (Å²) in [6.07, 6.45) is 2.63. The molecule has 0 saturated heterocycles. The first-order chi connectivity index (χ1) is 12.5. The zero-order valence-corrected chi connectivity index (χ0v) is 14.1. The van der Waals surface area contributed by atoms with Gasteiger partial charge in [-0.1, -0.05) is 23.7 Å². The van der Waals surface area contributed by atoms with Crippen molar-refractivity contribution < 1.29 is 19.2 Å². The first kappa shape index (κ1) is 18.9. The van der Waals surface area contributed by atoms with Crippen molar-refractivity contribution in [3.8, 4) is 5.75 Å². The van der Waals surface area contributed by atoms with Gasteiger partial charge in [-0.3, -0.25) is 30.6 Å². The van der Waals surface area contributed by atoms with Crippen LogP contribution in [0.5, 0.6) is 5.75 Å². The summed E-state index contributed by atoms with van der Waals surface area (Å²) < 4.78 is 5.22. The standard InChI is InChI=1S/C17H14ClN3O5/c18-14-3-1-2-4-15(14)26-11-17(23)20-19-16(22)10-7-12-5-8-13(9-6-12)21(24)25/h1-10H,11H2,(H,19,22)(H,20,23)/b10-7+. The van der Waals surface area contributed by atoms with Crippen molar-refractivity contribution in [3.05, 3.63) is 75.3 Å². The first-order valence-corrected chi connectivity index (χ1v) is 7.72. The molecule has 0 atom stereocenters. The highest BCUT2D eigenvalue weighted by Crippen LogP contribution is 2.22. The lowest BCUT2D eigenvalue weighted by Gasteiger charge is -2.08. The maximum absolute atomic E-state index is 11.6. The maximum atomic E-state index is 11.6. The number of halogens is 1. The second-order valence-corrected chi connectivity index (χ2v) is 5.35. The zero-order chi connectivity index (χ0) is 18.9. The van der Waals surface area contributed by atoms with Crippen molar-refractivity contribution in [2.45, 2.75) is 0 Å². The van der Waals surface area contributed by atoms with Gasteiger partial charge in [0.2, 0.25) is 0 Å². The van der Waals surface area contributed by atoms with Gasteiger partial charge < -0.3 is 4.74 Å². The molecule has 0 aliphatic heterocycles. The number of ether oxygens (including phenoxy) is 1. The van der Waals surface area contributed by atoms with Crippen molar-refractivity contribution in [2.75, 3.05) is 6.61 Å². The molecule has 0 saturated carbocycles. The Morgan fingerprint density at radius 3 is 2.46 bits per heavy atom. The number of rotatable bonds is 6. The van der Waals surface area contributed by atoms with E-state index in [4.69, 9.17) is 16.3 Å². The smallest absolute Gasteiger partial charge is 0.276 e. The Bertz CT molecular complexity index is 837. The van der Waals surface area contributed by atoms with E-state index in [1.165, 1.54) is 36.4 Å². The molecular formula is C17H14ClN3O5. The van der Waals surface area contributed by atoms with Crippen LogP contribution < -0.4 is 15.6 Å². The normalized spacial score (nSPS) is 10.3. The Hall–Kier alpha value is -3.39. The third-order valence-corrected chi connectivity index (χ3v) is 3.36. The summed E-state index contributed by atoms with van der Waals surface area (Å²) in [5.41, 5.74) is 4.92. The van der Waals surface area contributed by atoms with Gasteiger partial charge in [0.25, 0.3) is 17.5 Å². The zero-order valence-electron chi connectivity index (χ0n) is 13.3. The summed E-state index contributed by atoms with van der Waals surface area (Å²) in [5, 5.41) is 10.9. The lowest BCUT2D eigenvalue weighted by atomic mass is 10.2. The van der Waals surface area contributed by atoms with Crippen LogP contribution in [0.15, 0.2) is 54.6 Å². The molecule has 134 valence electrons. The quantitative estimate of drug-likeness (QED) is 0.458. The summed E-state index contributed by atoms with van der Waals surface area (Å²) in [5.74, 6) is -0.787. The van der Waals surface area contributed by atoms with E-state index in [2.05, 4.69) is 10.9 Å². The van der Waals surface area contributed by atoms with Crippen LogP contribution in [0, 0.1) is 10.1 Å². The number of nitro groups is 1. The van der Waals surface area contributed by atoms with E-state index in [1.807, 2.05) is 0 Å². The lowest BCUT2D eigenvalue weighted by Crippen LogP contribution is -2.43. The van der Waals surface area contributed by atoms with E-state index in [0.29, 0.717) is 16.3 Å². The molecule has 0 radical (unpaired) electrons. The highest BCUT2D eigenvalue weighted by atomic mass is 35.5. The number of benzene rings is 2. The lowest BCUT2D eigenvalue weighted by molar-refractivity contribution is -0.384. The molecule has 2 rings (SSSR count). The fraction of sp³-hybridized carbons (Fsp3) is 0.0588. The number of carbonyl (C=O) groups excluding carboxylic acids is 2. The topological polar surface area (TPSA) is 111 Å². The molecule has 2 aromatic carbocycles. The molecule has 2 aromatic rings. The summed E-state index contributed by atoms with van der Waals surface area (Å²) >= 11 is 5.89. The van der Waals surface area contributed by atoms with Gasteiger partial charge in [-0.05, 0) is 35.9 Å². The molecule has 26 heavy (non-hydrogen) atoms. The summed E-state index contributed by atoms with van der Waals surface area (Å²) in [6, 6.07) is 12.3. The predicted molar refractivity (Wildman–Crippen MR) is 95.4 cm³/mol. The third kappa shape index (κ3) is 5.91. The molecule has 0 unspecified atom stereocenters. The molecule has 8 nitrogen and oxygen atoms in total. The van der Waals surface area contributed by atoms with Crippen LogP contribution in [0.1, 0.15) is 5.56 Å². The Morgan fingerprint density at radius 1 is 1.12 bits per heavy atom. The number of nitrogens with one attached hydrogen (secondary N) is 2. The van der Waals surface area contributed by atoms with Crippen LogP contribution in [0.2, 0.25) is 5.02 Å². The molecule has 0 aromatic heterocycles. The number of hydrogen-bond acceptors (Lipinski definition) is 5. The number of para-hydroxylation sites is 1. The Kier molecular flexibility index (Phi) is 6.69. The summed E-state index contributed by atoms with van der Waals surface area (Å²) in [4.78, 5) is 33.3. The predicted octanol–water partition coefficient (Wildman–Crippen LogP) is 2.49. The van der Waals surface area contributed by atoms with Gasteiger partial charge in [0.05, 0.1) is 9.95 Å². The van der Waals surface area contributed by atoms with Crippen LogP contribution >= 0.6 is 11.6 Å². The number of amides is 2. The van der Waals surface area contributed by atoms with E-state index in [9.17, 15) is 19.7 Å². The average Bonchev–Trinajstić information content (AvgIpc) is 2.64. The molecule has 0 aliphatic rings. The van der Waals surface area contributed by atoms with Crippen LogP contribution in [0.3, 0.4) is 0 Å². The third-order valence-electron chi connectivity index (χ3n) is 3.05. The molecule has 2 N–H and O–H groups in total. The minimum atomic E-state index is -0.575. The molecule has 9 heteroatoms. The van der Waals surface area contributed by atoms with Gasteiger partial charge in [0, 0.05) is 18.2 Å². The van der Waals surface area contributed by atoms with Crippen LogP contribution in [-0.4, -0.2) is 23.3 Å². The SMILES string of the molecule is O=C(/C=C/c1ccc([N+](=O)[O-])cc1)NNC(=O)COc1ccccc1Cl. The van der Waals surface area contributed by atoms with Crippen molar-refractivity contribution in [3.63, 3.8) is 0 Å². The number of nitrogens with zero attached hydrogens (tertiary/aromatic N) is 1. The molecule has 0 spiro atoms. The highest BCUT2D eigenvalue weighted by molar-refractivity contribution is 6.32. The van der Waals surface area contributed by atoms with Crippen LogP contribution in [0.4, 0.5) is 5.69 Å². The number of carbonyl (C=O) groups is 2. The molecule has 0 heterocycles. The van der Waals surface area contributed by atoms with Crippen molar-refractivity contribution in [2.24, 2.45) is 0 Å². The number of hydrogen-bond donors (Lipinski definition) is 2. The average molecular weight is 376 g/mol. The first-order valence-electron chi connectivity index (χ1n) is 7.34.